The highest BCUT2D eigenvalue weighted by Crippen LogP contribution is 2.68. The van der Waals surface area contributed by atoms with Gasteiger partial charge in [0.05, 0.1) is 6.61 Å². The van der Waals surface area contributed by atoms with E-state index in [-0.39, 0.29) is 5.97 Å². The number of hydrogen-bond donors (Lipinski definition) is 0. The highest BCUT2D eigenvalue weighted by Gasteiger charge is 2.60. The van der Waals surface area contributed by atoms with Crippen molar-refractivity contribution in [2.24, 2.45) is 52.3 Å². The lowest BCUT2D eigenvalue weighted by molar-refractivity contribution is -0.145. The molecule has 49 heavy (non-hydrogen) atoms. The van der Waals surface area contributed by atoms with E-state index in [4.69, 9.17) is 4.74 Å². The third-order valence-corrected chi connectivity index (χ3v) is 14.4. The molecule has 0 saturated heterocycles. The first-order valence-electron chi connectivity index (χ1n) is 21.5. The molecule has 0 heterocycles. The Labute approximate surface area is 304 Å². The van der Waals surface area contributed by atoms with Crippen molar-refractivity contribution in [2.75, 3.05) is 6.61 Å². The summed E-state index contributed by atoms with van der Waals surface area (Å²) < 4.78 is 5.69. The van der Waals surface area contributed by atoms with Crippen LogP contribution >= 0.6 is 0 Å². The highest BCUT2D eigenvalue weighted by molar-refractivity contribution is 5.69. The largest absolute Gasteiger partial charge is 0.465 e. The Balaban J connectivity index is 1.02. The fourth-order valence-corrected chi connectivity index (χ4v) is 11.6. The fourth-order valence-electron chi connectivity index (χ4n) is 11.6. The molecule has 0 aromatic heterocycles. The van der Waals surface area contributed by atoms with Crippen molar-refractivity contribution in [3.63, 3.8) is 0 Å². The molecule has 0 spiro atoms. The maximum atomic E-state index is 12.4. The summed E-state index contributed by atoms with van der Waals surface area (Å²) in [4.78, 5) is 12.4. The van der Waals surface area contributed by atoms with Crippen molar-refractivity contribution in [3.8, 4) is 0 Å². The summed E-state index contributed by atoms with van der Waals surface area (Å²) in [7, 11) is 0. The molecule has 4 fully saturated rings. The van der Waals surface area contributed by atoms with Crippen LogP contribution in [0.4, 0.5) is 0 Å². The highest BCUT2D eigenvalue weighted by atomic mass is 16.5. The first-order chi connectivity index (χ1) is 23.8. The second-order valence-electron chi connectivity index (χ2n) is 17.8. The Hall–Kier alpha value is -1.57. The molecule has 2 nitrogen and oxygen atoms in total. The van der Waals surface area contributed by atoms with Gasteiger partial charge in [-0.05, 0) is 155 Å². The minimum Gasteiger partial charge on any atom is -0.465 e. The van der Waals surface area contributed by atoms with Crippen LogP contribution < -0.4 is 0 Å². The van der Waals surface area contributed by atoms with Gasteiger partial charge < -0.3 is 4.74 Å². The molecule has 4 aliphatic rings. The Bertz CT molecular complexity index is 1070. The second-order valence-corrected chi connectivity index (χ2v) is 17.8. The monoisotopic (exact) mass is 675 g/mol. The van der Waals surface area contributed by atoms with Gasteiger partial charge in [-0.2, -0.15) is 0 Å². The van der Waals surface area contributed by atoms with Crippen LogP contribution in [0.15, 0.2) is 48.6 Å². The standard InChI is InChI=1S/C47H78O2/c1-6-7-8-9-10-11-12-13-14-15-16-17-18-19-20-21-22-29-45(48)49-37-38(2)26-25-27-39(3)42-32-33-43-41-31-30-40-28-23-24-35-46(40,4)44(41)34-36-47(42,43)5/h10-11,13-14,16-17,19-20,38-44H,6-9,12,15,18,21-37H2,1-5H3/b11-10-,14-13-,17-16-,20-19-/t38?,39-,40?,41+,42-,43+,44+,46+,47-/m1/s1. The molecule has 0 bridgehead atoms. The zero-order valence-corrected chi connectivity index (χ0v) is 32.9. The molecule has 4 rings (SSSR count). The van der Waals surface area contributed by atoms with Gasteiger partial charge in [0.2, 0.25) is 0 Å². The summed E-state index contributed by atoms with van der Waals surface area (Å²) in [5, 5.41) is 0. The molecule has 278 valence electrons. The average molecular weight is 675 g/mol. The normalized spacial score (nSPS) is 32.9. The SMILES string of the molecule is CCCCC/C=C\C/C=C\C/C=C\C/C=C\CCCC(=O)OCC(C)CCC[C@@H](C)[C@H]1CC[C@H]2[C@@H]3CCC4CCCC[C@]4(C)[C@H]3CC[C@]12C. The third-order valence-electron chi connectivity index (χ3n) is 14.4. The van der Waals surface area contributed by atoms with E-state index in [1.807, 2.05) is 0 Å². The lowest BCUT2D eigenvalue weighted by Crippen LogP contribution is -2.53. The zero-order chi connectivity index (χ0) is 35.0. The molecule has 0 N–H and O–H groups in total. The van der Waals surface area contributed by atoms with E-state index >= 15 is 0 Å². The quantitative estimate of drug-likeness (QED) is 0.0688. The van der Waals surface area contributed by atoms with E-state index in [9.17, 15) is 4.79 Å². The van der Waals surface area contributed by atoms with E-state index in [1.54, 1.807) is 0 Å². The number of fused-ring (bicyclic) bond motifs is 5. The number of rotatable bonds is 21. The Morgan fingerprint density at radius 2 is 1.37 bits per heavy atom. The van der Waals surface area contributed by atoms with Crippen molar-refractivity contribution in [2.45, 2.75) is 182 Å². The van der Waals surface area contributed by atoms with Crippen molar-refractivity contribution in [3.05, 3.63) is 48.6 Å². The van der Waals surface area contributed by atoms with Crippen LogP contribution in [0.25, 0.3) is 0 Å². The van der Waals surface area contributed by atoms with E-state index in [2.05, 4.69) is 83.2 Å². The zero-order valence-electron chi connectivity index (χ0n) is 32.9. The van der Waals surface area contributed by atoms with Gasteiger partial charge in [0.15, 0.2) is 0 Å². The molecule has 0 radical (unpaired) electrons. The molecule has 0 aliphatic heterocycles. The second kappa shape index (κ2) is 21.1. The molecule has 4 saturated carbocycles. The summed E-state index contributed by atoms with van der Waals surface area (Å²) in [6.45, 7) is 13.1. The van der Waals surface area contributed by atoms with Gasteiger partial charge in [-0.25, -0.2) is 0 Å². The minimum atomic E-state index is -0.0206. The fraction of sp³-hybridized carbons (Fsp3) is 0.809. The molecule has 2 unspecified atom stereocenters. The summed E-state index contributed by atoms with van der Waals surface area (Å²) in [6.07, 6.45) is 47.4. The number of esters is 1. The van der Waals surface area contributed by atoms with Gasteiger partial charge in [-0.1, -0.05) is 122 Å². The third kappa shape index (κ3) is 11.7. The van der Waals surface area contributed by atoms with Crippen molar-refractivity contribution in [1.29, 1.82) is 0 Å². The molecule has 9 atom stereocenters. The van der Waals surface area contributed by atoms with Crippen LogP contribution in [0.5, 0.6) is 0 Å². The van der Waals surface area contributed by atoms with Gasteiger partial charge in [-0.3, -0.25) is 4.79 Å². The minimum absolute atomic E-state index is 0.0206. The molecular formula is C47H78O2. The first kappa shape index (κ1) is 40.2. The Morgan fingerprint density at radius 3 is 2.08 bits per heavy atom. The summed E-state index contributed by atoms with van der Waals surface area (Å²) in [6, 6.07) is 0. The molecule has 0 aromatic carbocycles. The summed E-state index contributed by atoms with van der Waals surface area (Å²) in [5.41, 5.74) is 1.23. The van der Waals surface area contributed by atoms with Crippen LogP contribution in [-0.4, -0.2) is 12.6 Å². The maximum Gasteiger partial charge on any atom is 0.305 e. The van der Waals surface area contributed by atoms with Gasteiger partial charge in [0, 0.05) is 6.42 Å². The van der Waals surface area contributed by atoms with Gasteiger partial charge in [0.25, 0.3) is 0 Å². The summed E-state index contributed by atoms with van der Waals surface area (Å²) in [5.74, 6) is 6.21. The average Bonchev–Trinajstić information content (AvgIpc) is 3.45. The smallest absolute Gasteiger partial charge is 0.305 e. The summed E-state index contributed by atoms with van der Waals surface area (Å²) >= 11 is 0. The first-order valence-corrected chi connectivity index (χ1v) is 21.5. The number of ether oxygens (including phenoxy) is 1. The van der Waals surface area contributed by atoms with Crippen molar-refractivity contribution >= 4 is 5.97 Å². The van der Waals surface area contributed by atoms with Gasteiger partial charge in [-0.15, -0.1) is 0 Å². The number of allylic oxidation sites excluding steroid dienone is 8. The van der Waals surface area contributed by atoms with E-state index in [1.165, 1.54) is 109 Å². The van der Waals surface area contributed by atoms with E-state index in [0.29, 0.717) is 29.8 Å². The number of carbonyl (C=O) groups excluding carboxylic acids is 1. The van der Waals surface area contributed by atoms with Crippen LogP contribution in [0.1, 0.15) is 182 Å². The van der Waals surface area contributed by atoms with Crippen LogP contribution in [0.2, 0.25) is 0 Å². The Kier molecular flexibility index (Phi) is 17.3. The molecule has 4 aliphatic carbocycles. The topological polar surface area (TPSA) is 26.3 Å². The van der Waals surface area contributed by atoms with Gasteiger partial charge >= 0.3 is 5.97 Å². The van der Waals surface area contributed by atoms with E-state index < -0.39 is 0 Å². The predicted molar refractivity (Wildman–Crippen MR) is 211 cm³/mol. The molecule has 0 aromatic rings. The maximum absolute atomic E-state index is 12.4. The van der Waals surface area contributed by atoms with Crippen molar-refractivity contribution < 1.29 is 9.53 Å². The van der Waals surface area contributed by atoms with Crippen LogP contribution in [-0.2, 0) is 9.53 Å². The van der Waals surface area contributed by atoms with Crippen LogP contribution in [0, 0.1) is 52.3 Å². The lowest BCUT2D eigenvalue weighted by Gasteiger charge is -2.61. The Morgan fingerprint density at radius 1 is 0.694 bits per heavy atom. The van der Waals surface area contributed by atoms with Crippen LogP contribution in [0.3, 0.4) is 0 Å². The van der Waals surface area contributed by atoms with E-state index in [0.717, 1.165) is 67.6 Å². The lowest BCUT2D eigenvalue weighted by atomic mass is 9.44. The van der Waals surface area contributed by atoms with Gasteiger partial charge in [0.1, 0.15) is 0 Å². The number of unbranched alkanes of at least 4 members (excludes halogenated alkanes) is 4. The molecule has 2 heteroatoms. The molecule has 0 amide bonds. The predicted octanol–water partition coefficient (Wildman–Crippen LogP) is 14.2. The number of carbonyl (C=O) groups is 1. The van der Waals surface area contributed by atoms with Crippen molar-refractivity contribution in [1.82, 2.24) is 0 Å². The number of hydrogen-bond acceptors (Lipinski definition) is 2. The molecular weight excluding hydrogens is 597 g/mol.